The van der Waals surface area contributed by atoms with E-state index < -0.39 is 10.0 Å². The molecule has 3 rings (SSSR count). The minimum atomic E-state index is -3.70. The summed E-state index contributed by atoms with van der Waals surface area (Å²) in [5.74, 6) is 0.468. The first kappa shape index (κ1) is 22.3. The number of nitrogens with zero attached hydrogens (tertiary/aromatic N) is 1. The average molecular weight is 431 g/mol. The highest BCUT2D eigenvalue weighted by molar-refractivity contribution is 7.89. The largest absolute Gasteiger partial charge is 0.495 e. The van der Waals surface area contributed by atoms with Crippen LogP contribution in [0.4, 0.5) is 0 Å². The number of hydrogen-bond acceptors (Lipinski definition) is 4. The molecule has 30 heavy (non-hydrogen) atoms. The van der Waals surface area contributed by atoms with E-state index in [0.717, 1.165) is 23.1 Å². The van der Waals surface area contributed by atoms with Crippen LogP contribution in [-0.4, -0.2) is 45.5 Å². The van der Waals surface area contributed by atoms with Crippen LogP contribution in [0.5, 0.6) is 5.75 Å². The minimum Gasteiger partial charge on any atom is -0.495 e. The molecule has 1 saturated heterocycles. The molecular formula is C23H30N2O4S. The Labute approximate surface area is 179 Å². The number of carbonyl (C=O) groups excluding carboxylic acids is 1. The lowest BCUT2D eigenvalue weighted by atomic mass is 10.0. The van der Waals surface area contributed by atoms with E-state index in [4.69, 9.17) is 4.74 Å². The molecule has 1 heterocycles. The van der Waals surface area contributed by atoms with Gasteiger partial charge in [0.1, 0.15) is 10.6 Å². The maximum absolute atomic E-state index is 12.9. The summed E-state index contributed by atoms with van der Waals surface area (Å²) in [5, 5.41) is 0. The van der Waals surface area contributed by atoms with E-state index in [0.29, 0.717) is 38.1 Å². The first-order valence-corrected chi connectivity index (χ1v) is 11.8. The van der Waals surface area contributed by atoms with Crippen LogP contribution in [-0.2, 0) is 21.2 Å². The Hall–Kier alpha value is -2.38. The zero-order valence-electron chi connectivity index (χ0n) is 17.8. The van der Waals surface area contributed by atoms with Gasteiger partial charge in [0.15, 0.2) is 0 Å². The lowest BCUT2D eigenvalue weighted by molar-refractivity contribution is -0.132. The van der Waals surface area contributed by atoms with E-state index in [9.17, 15) is 13.2 Å². The minimum absolute atomic E-state index is 0.121. The molecule has 2 aromatic carbocycles. The maximum atomic E-state index is 12.9. The molecule has 0 spiro atoms. The molecule has 0 atom stereocenters. The fourth-order valence-corrected chi connectivity index (χ4v) is 5.26. The predicted molar refractivity (Wildman–Crippen MR) is 117 cm³/mol. The number of carbonyl (C=O) groups is 1. The molecule has 0 radical (unpaired) electrons. The topological polar surface area (TPSA) is 75.7 Å². The zero-order valence-corrected chi connectivity index (χ0v) is 18.7. The van der Waals surface area contributed by atoms with Crippen molar-refractivity contribution in [3.05, 3.63) is 59.2 Å². The van der Waals surface area contributed by atoms with Gasteiger partial charge in [-0.1, -0.05) is 30.3 Å². The number of piperidine rings is 1. The number of amides is 1. The van der Waals surface area contributed by atoms with Crippen molar-refractivity contribution in [1.82, 2.24) is 9.62 Å². The van der Waals surface area contributed by atoms with Crippen LogP contribution >= 0.6 is 0 Å². The van der Waals surface area contributed by atoms with Crippen molar-refractivity contribution >= 4 is 15.9 Å². The number of aryl methyl sites for hydroxylation is 3. The number of nitrogens with one attached hydrogen (secondary N) is 1. The van der Waals surface area contributed by atoms with Crippen molar-refractivity contribution < 1.29 is 17.9 Å². The van der Waals surface area contributed by atoms with Crippen LogP contribution in [0.25, 0.3) is 0 Å². The standard InChI is InChI=1S/C23H30N2O4S/c1-17-15-21(29-3)22(16-18(17)2)30(27,28)24-20-11-13-25(14-12-20)23(26)10-9-19-7-5-4-6-8-19/h4-8,15-16,20,24H,9-14H2,1-3H3. The summed E-state index contributed by atoms with van der Waals surface area (Å²) in [6.45, 7) is 4.93. The summed E-state index contributed by atoms with van der Waals surface area (Å²) in [6, 6.07) is 13.2. The van der Waals surface area contributed by atoms with Gasteiger partial charge in [-0.3, -0.25) is 4.79 Å². The van der Waals surface area contributed by atoms with Gasteiger partial charge in [-0.05, 0) is 61.9 Å². The Morgan fingerprint density at radius 2 is 1.73 bits per heavy atom. The lowest BCUT2D eigenvalue weighted by Gasteiger charge is -2.32. The van der Waals surface area contributed by atoms with Crippen LogP contribution in [0, 0.1) is 13.8 Å². The van der Waals surface area contributed by atoms with Crippen molar-refractivity contribution in [3.8, 4) is 5.75 Å². The number of rotatable bonds is 7. The number of sulfonamides is 1. The van der Waals surface area contributed by atoms with Gasteiger partial charge in [0, 0.05) is 25.6 Å². The second-order valence-corrected chi connectivity index (χ2v) is 9.53. The monoisotopic (exact) mass is 430 g/mol. The number of hydrogen-bond donors (Lipinski definition) is 1. The molecule has 2 aromatic rings. The van der Waals surface area contributed by atoms with Gasteiger partial charge in [0.25, 0.3) is 0 Å². The van der Waals surface area contributed by atoms with Crippen molar-refractivity contribution in [2.24, 2.45) is 0 Å². The Balaban J connectivity index is 1.56. The summed E-state index contributed by atoms with van der Waals surface area (Å²) in [7, 11) is -2.23. The van der Waals surface area contributed by atoms with Crippen LogP contribution in [0.1, 0.15) is 36.0 Å². The quantitative estimate of drug-likeness (QED) is 0.732. The van der Waals surface area contributed by atoms with Gasteiger partial charge in [-0.2, -0.15) is 0 Å². The Morgan fingerprint density at radius 3 is 2.37 bits per heavy atom. The normalized spacial score (nSPS) is 15.2. The molecule has 1 aliphatic rings. The fraction of sp³-hybridized carbons (Fsp3) is 0.435. The van der Waals surface area contributed by atoms with Crippen LogP contribution in [0.15, 0.2) is 47.4 Å². The van der Waals surface area contributed by atoms with Crippen molar-refractivity contribution in [3.63, 3.8) is 0 Å². The summed E-state index contributed by atoms with van der Waals surface area (Å²) in [6.07, 6.45) is 2.39. The van der Waals surface area contributed by atoms with Crippen LogP contribution in [0.3, 0.4) is 0 Å². The third-order valence-corrected chi connectivity index (χ3v) is 7.25. The molecule has 0 unspecified atom stereocenters. The van der Waals surface area contributed by atoms with Crippen LogP contribution < -0.4 is 9.46 Å². The Kier molecular flexibility index (Phi) is 7.15. The smallest absolute Gasteiger partial charge is 0.244 e. The van der Waals surface area contributed by atoms with Gasteiger partial charge in [-0.25, -0.2) is 13.1 Å². The lowest BCUT2D eigenvalue weighted by Crippen LogP contribution is -2.46. The number of benzene rings is 2. The molecule has 1 fully saturated rings. The molecule has 162 valence electrons. The molecule has 6 nitrogen and oxygen atoms in total. The maximum Gasteiger partial charge on any atom is 0.244 e. The molecule has 7 heteroatoms. The first-order valence-electron chi connectivity index (χ1n) is 10.3. The Bertz CT molecular complexity index is 982. The molecular weight excluding hydrogens is 400 g/mol. The van der Waals surface area contributed by atoms with Gasteiger partial charge >= 0.3 is 0 Å². The molecule has 0 aliphatic carbocycles. The van der Waals surface area contributed by atoms with Gasteiger partial charge in [0.05, 0.1) is 7.11 Å². The van der Waals surface area contributed by atoms with Gasteiger partial charge in [0.2, 0.25) is 15.9 Å². The third kappa shape index (κ3) is 5.40. The average Bonchev–Trinajstić information content (AvgIpc) is 2.74. The summed E-state index contributed by atoms with van der Waals surface area (Å²) in [4.78, 5) is 14.5. The van der Waals surface area contributed by atoms with E-state index in [1.54, 1.807) is 12.1 Å². The second kappa shape index (κ2) is 9.62. The highest BCUT2D eigenvalue weighted by Crippen LogP contribution is 2.28. The van der Waals surface area contributed by atoms with E-state index >= 15 is 0 Å². The molecule has 1 aliphatic heterocycles. The van der Waals surface area contributed by atoms with Gasteiger partial charge < -0.3 is 9.64 Å². The Morgan fingerprint density at radius 1 is 1.10 bits per heavy atom. The highest BCUT2D eigenvalue weighted by atomic mass is 32.2. The fourth-order valence-electron chi connectivity index (χ4n) is 3.72. The number of likely N-dealkylation sites (tertiary alicyclic amines) is 1. The molecule has 0 bridgehead atoms. The molecule has 0 saturated carbocycles. The number of ether oxygens (including phenoxy) is 1. The summed E-state index contributed by atoms with van der Waals surface area (Å²) < 4.78 is 34.0. The van der Waals surface area contributed by atoms with E-state index in [1.165, 1.54) is 7.11 Å². The van der Waals surface area contributed by atoms with Crippen molar-refractivity contribution in [2.45, 2.75) is 50.5 Å². The van der Waals surface area contributed by atoms with Crippen molar-refractivity contribution in [1.29, 1.82) is 0 Å². The van der Waals surface area contributed by atoms with E-state index in [-0.39, 0.29) is 16.8 Å². The molecule has 1 amide bonds. The third-order valence-electron chi connectivity index (χ3n) is 5.71. The van der Waals surface area contributed by atoms with E-state index in [1.807, 2.05) is 49.1 Å². The van der Waals surface area contributed by atoms with Crippen molar-refractivity contribution in [2.75, 3.05) is 20.2 Å². The van der Waals surface area contributed by atoms with E-state index in [2.05, 4.69) is 4.72 Å². The SMILES string of the molecule is COc1cc(C)c(C)cc1S(=O)(=O)NC1CCN(C(=O)CCc2ccccc2)CC1. The summed E-state index contributed by atoms with van der Waals surface area (Å²) in [5.41, 5.74) is 3.03. The van der Waals surface area contributed by atoms with Gasteiger partial charge in [-0.15, -0.1) is 0 Å². The number of methoxy groups -OCH3 is 1. The highest BCUT2D eigenvalue weighted by Gasteiger charge is 2.28. The summed E-state index contributed by atoms with van der Waals surface area (Å²) >= 11 is 0. The predicted octanol–water partition coefficient (Wildman–Crippen LogP) is 3.21. The zero-order chi connectivity index (χ0) is 21.7. The second-order valence-electron chi connectivity index (χ2n) is 7.85. The molecule has 0 aromatic heterocycles. The first-order chi connectivity index (χ1) is 14.3. The molecule has 1 N–H and O–H groups in total. The van der Waals surface area contributed by atoms with Crippen LogP contribution in [0.2, 0.25) is 0 Å².